The summed E-state index contributed by atoms with van der Waals surface area (Å²) < 4.78 is 0. The quantitative estimate of drug-likeness (QED) is 0.759. The lowest BCUT2D eigenvalue weighted by atomic mass is 10.0. The summed E-state index contributed by atoms with van der Waals surface area (Å²) in [5.41, 5.74) is 0.445. The summed E-state index contributed by atoms with van der Waals surface area (Å²) >= 11 is 1.39. The molecule has 0 spiro atoms. The fraction of sp³-hybridized carbons (Fsp3) is 0.308. The number of nitrogens with one attached hydrogen (secondary N) is 3. The summed E-state index contributed by atoms with van der Waals surface area (Å²) in [6.07, 6.45) is 1.70. The third-order valence-electron chi connectivity index (χ3n) is 3.05. The molecule has 1 aliphatic rings. The summed E-state index contributed by atoms with van der Waals surface area (Å²) in [4.78, 5) is 20.3. The molecule has 3 heterocycles. The van der Waals surface area contributed by atoms with Crippen LogP contribution in [0.15, 0.2) is 29.8 Å². The standard InChI is InChI=1S/C13H15N5OS.2ClH/c19-12(16-7-9-5-14-6-9)10-8-20-13(17-10)18-11-3-1-2-4-15-11;;/h1-4,8-9,14H,5-7H2,(H,16,19)(H,15,17,18);2*1H. The lowest BCUT2D eigenvalue weighted by molar-refractivity contribution is 0.0938. The Morgan fingerprint density at radius 1 is 1.36 bits per heavy atom. The minimum absolute atomic E-state index is 0. The first-order chi connectivity index (χ1) is 9.81. The Morgan fingerprint density at radius 3 is 2.82 bits per heavy atom. The summed E-state index contributed by atoms with van der Waals surface area (Å²) in [5, 5.41) is 11.6. The number of halogens is 2. The number of carbonyl (C=O) groups excluding carboxylic acids is 1. The lowest BCUT2D eigenvalue weighted by Crippen LogP contribution is -2.48. The first-order valence-corrected chi connectivity index (χ1v) is 7.32. The number of carbonyl (C=O) groups is 1. The van der Waals surface area contributed by atoms with Gasteiger partial charge in [0.15, 0.2) is 5.13 Å². The largest absolute Gasteiger partial charge is 0.350 e. The van der Waals surface area contributed by atoms with Gasteiger partial charge in [0.2, 0.25) is 0 Å². The molecule has 3 N–H and O–H groups in total. The number of nitrogens with zero attached hydrogens (tertiary/aromatic N) is 2. The maximum absolute atomic E-state index is 11.9. The average molecular weight is 362 g/mol. The Morgan fingerprint density at radius 2 is 2.18 bits per heavy atom. The zero-order valence-corrected chi connectivity index (χ0v) is 14.1. The van der Waals surface area contributed by atoms with E-state index < -0.39 is 0 Å². The molecule has 0 aliphatic carbocycles. The Labute approximate surface area is 145 Å². The summed E-state index contributed by atoms with van der Waals surface area (Å²) in [5.74, 6) is 1.14. The molecule has 2 aromatic heterocycles. The number of pyridine rings is 1. The van der Waals surface area contributed by atoms with Crippen molar-refractivity contribution in [1.29, 1.82) is 0 Å². The zero-order valence-electron chi connectivity index (χ0n) is 11.6. The van der Waals surface area contributed by atoms with Crippen molar-refractivity contribution in [3.8, 4) is 0 Å². The van der Waals surface area contributed by atoms with E-state index in [4.69, 9.17) is 0 Å². The van der Waals surface area contributed by atoms with Crippen LogP contribution in [0, 0.1) is 5.92 Å². The average Bonchev–Trinajstić information content (AvgIpc) is 2.86. The second-order valence-electron chi connectivity index (χ2n) is 4.61. The highest BCUT2D eigenvalue weighted by Crippen LogP contribution is 2.19. The molecule has 6 nitrogen and oxygen atoms in total. The molecule has 1 saturated heterocycles. The van der Waals surface area contributed by atoms with E-state index in [1.165, 1.54) is 11.3 Å². The summed E-state index contributed by atoms with van der Waals surface area (Å²) in [6, 6.07) is 5.59. The molecule has 3 rings (SSSR count). The molecular formula is C13H17Cl2N5OS. The van der Waals surface area contributed by atoms with Gasteiger partial charge in [0, 0.05) is 37.1 Å². The number of hydrogen-bond acceptors (Lipinski definition) is 6. The predicted molar refractivity (Wildman–Crippen MR) is 92.8 cm³/mol. The van der Waals surface area contributed by atoms with Crippen LogP contribution in [0.25, 0.3) is 0 Å². The monoisotopic (exact) mass is 361 g/mol. The second-order valence-corrected chi connectivity index (χ2v) is 5.47. The van der Waals surface area contributed by atoms with Gasteiger partial charge in [0.1, 0.15) is 11.5 Å². The highest BCUT2D eigenvalue weighted by atomic mass is 35.5. The number of thiazole rings is 1. The van der Waals surface area contributed by atoms with Gasteiger partial charge < -0.3 is 16.0 Å². The molecule has 120 valence electrons. The van der Waals surface area contributed by atoms with Crippen LogP contribution in [0.1, 0.15) is 10.5 Å². The fourth-order valence-corrected chi connectivity index (χ4v) is 2.50. The van der Waals surface area contributed by atoms with Crippen LogP contribution in [-0.4, -0.2) is 35.5 Å². The van der Waals surface area contributed by atoms with Crippen molar-refractivity contribution in [1.82, 2.24) is 20.6 Å². The van der Waals surface area contributed by atoms with Crippen molar-refractivity contribution < 1.29 is 4.79 Å². The Balaban J connectivity index is 0.00000121. The normalized spacial score (nSPS) is 13.3. The van der Waals surface area contributed by atoms with Crippen molar-refractivity contribution in [2.45, 2.75) is 0 Å². The molecule has 0 aromatic carbocycles. The van der Waals surface area contributed by atoms with Crippen molar-refractivity contribution >= 4 is 53.0 Å². The van der Waals surface area contributed by atoms with Gasteiger partial charge in [-0.25, -0.2) is 9.97 Å². The van der Waals surface area contributed by atoms with Crippen LogP contribution < -0.4 is 16.0 Å². The van der Waals surface area contributed by atoms with Gasteiger partial charge >= 0.3 is 0 Å². The van der Waals surface area contributed by atoms with Gasteiger partial charge in [-0.1, -0.05) is 6.07 Å². The molecule has 22 heavy (non-hydrogen) atoms. The zero-order chi connectivity index (χ0) is 13.8. The van der Waals surface area contributed by atoms with E-state index in [0.717, 1.165) is 13.1 Å². The Bertz CT molecular complexity index is 591. The first-order valence-electron chi connectivity index (χ1n) is 6.44. The molecule has 0 saturated carbocycles. The molecule has 0 atom stereocenters. The van der Waals surface area contributed by atoms with E-state index in [-0.39, 0.29) is 30.7 Å². The Hall–Kier alpha value is -1.41. The summed E-state index contributed by atoms with van der Waals surface area (Å²) in [6.45, 7) is 2.65. The van der Waals surface area contributed by atoms with Gasteiger partial charge in [-0.2, -0.15) is 0 Å². The maximum Gasteiger partial charge on any atom is 0.270 e. The first kappa shape index (κ1) is 18.6. The van der Waals surface area contributed by atoms with Crippen LogP contribution in [0.5, 0.6) is 0 Å². The molecule has 1 aliphatic heterocycles. The van der Waals surface area contributed by atoms with Gasteiger partial charge in [0.25, 0.3) is 5.91 Å². The molecule has 1 amide bonds. The number of aromatic nitrogens is 2. The number of amides is 1. The molecule has 1 fully saturated rings. The van der Waals surface area contributed by atoms with Gasteiger partial charge in [-0.15, -0.1) is 36.2 Å². The van der Waals surface area contributed by atoms with Gasteiger partial charge in [-0.3, -0.25) is 4.79 Å². The van der Waals surface area contributed by atoms with E-state index in [9.17, 15) is 4.79 Å². The highest BCUT2D eigenvalue weighted by molar-refractivity contribution is 7.14. The third-order valence-corrected chi connectivity index (χ3v) is 3.81. The van der Waals surface area contributed by atoms with Crippen molar-refractivity contribution in [2.24, 2.45) is 5.92 Å². The van der Waals surface area contributed by atoms with Crippen molar-refractivity contribution in [3.63, 3.8) is 0 Å². The van der Waals surface area contributed by atoms with E-state index in [1.807, 2.05) is 18.2 Å². The van der Waals surface area contributed by atoms with Gasteiger partial charge in [-0.05, 0) is 12.1 Å². The molecule has 0 radical (unpaired) electrons. The molecule has 9 heteroatoms. The fourth-order valence-electron chi connectivity index (χ4n) is 1.80. The SMILES string of the molecule is Cl.Cl.O=C(NCC1CNC1)c1csc(Nc2ccccn2)n1. The second kappa shape index (κ2) is 8.89. The van der Waals surface area contributed by atoms with E-state index in [0.29, 0.717) is 29.1 Å². The molecule has 0 bridgehead atoms. The van der Waals surface area contributed by atoms with Crippen molar-refractivity contribution in [3.05, 3.63) is 35.5 Å². The van der Waals surface area contributed by atoms with E-state index >= 15 is 0 Å². The Kier molecular flexibility index (Phi) is 7.53. The summed E-state index contributed by atoms with van der Waals surface area (Å²) in [7, 11) is 0. The molecule has 0 unspecified atom stereocenters. The van der Waals surface area contributed by atoms with Crippen LogP contribution in [0.2, 0.25) is 0 Å². The highest BCUT2D eigenvalue weighted by Gasteiger charge is 2.18. The molecular weight excluding hydrogens is 345 g/mol. The minimum Gasteiger partial charge on any atom is -0.350 e. The number of anilines is 2. The topological polar surface area (TPSA) is 78.9 Å². The maximum atomic E-state index is 11.9. The number of rotatable bonds is 5. The molecule has 2 aromatic rings. The minimum atomic E-state index is -0.123. The van der Waals surface area contributed by atoms with Crippen LogP contribution in [0.3, 0.4) is 0 Å². The lowest BCUT2D eigenvalue weighted by Gasteiger charge is -2.26. The van der Waals surface area contributed by atoms with Crippen molar-refractivity contribution in [2.75, 3.05) is 25.0 Å². The van der Waals surface area contributed by atoms with E-state index in [2.05, 4.69) is 25.9 Å². The smallest absolute Gasteiger partial charge is 0.270 e. The number of hydrogen-bond donors (Lipinski definition) is 3. The van der Waals surface area contributed by atoms with Crippen LogP contribution in [-0.2, 0) is 0 Å². The predicted octanol–water partition coefficient (Wildman–Crippen LogP) is 2.07. The van der Waals surface area contributed by atoms with Gasteiger partial charge in [0.05, 0.1) is 0 Å². The van der Waals surface area contributed by atoms with E-state index in [1.54, 1.807) is 11.6 Å². The van der Waals surface area contributed by atoms with Crippen LogP contribution >= 0.6 is 36.2 Å². The third kappa shape index (κ3) is 4.81. The van der Waals surface area contributed by atoms with Crippen LogP contribution in [0.4, 0.5) is 10.9 Å².